The molecule has 5 heteroatoms. The van der Waals surface area contributed by atoms with Crippen LogP contribution in [0.2, 0.25) is 0 Å². The van der Waals surface area contributed by atoms with Crippen molar-refractivity contribution in [1.82, 2.24) is 0 Å². The summed E-state index contributed by atoms with van der Waals surface area (Å²) < 4.78 is 15.6. The van der Waals surface area contributed by atoms with Crippen LogP contribution in [0.1, 0.15) is 11.1 Å². The third-order valence-corrected chi connectivity index (χ3v) is 3.26. The van der Waals surface area contributed by atoms with Gasteiger partial charge in [0.1, 0.15) is 18.2 Å². The van der Waals surface area contributed by atoms with Crippen molar-refractivity contribution in [3.8, 4) is 17.6 Å². The van der Waals surface area contributed by atoms with Crippen molar-refractivity contribution in [2.45, 2.75) is 6.61 Å². The minimum absolute atomic E-state index is 0.0856. The molecule has 0 amide bonds. The number of hydrogen-bond donors (Lipinski definition) is 0. The summed E-state index contributed by atoms with van der Waals surface area (Å²) >= 11 is 0. The molecule has 0 N–H and O–H groups in total. The first kappa shape index (κ1) is 17.1. The molecule has 0 bridgehead atoms. The van der Waals surface area contributed by atoms with Crippen molar-refractivity contribution in [1.29, 1.82) is 5.26 Å². The van der Waals surface area contributed by atoms with Gasteiger partial charge in [0.25, 0.3) is 0 Å². The molecule has 0 aliphatic carbocycles. The normalized spacial score (nSPS) is 10.6. The SMILES string of the molecule is COC(=O)C(C#N)=Cc1ccc(OCc2ccccc2)c(OC)c1. The maximum Gasteiger partial charge on any atom is 0.348 e. The van der Waals surface area contributed by atoms with E-state index in [0.29, 0.717) is 23.7 Å². The molecule has 0 aliphatic heterocycles. The molecule has 0 aliphatic rings. The quantitative estimate of drug-likeness (QED) is 0.463. The lowest BCUT2D eigenvalue weighted by atomic mass is 10.1. The van der Waals surface area contributed by atoms with E-state index in [2.05, 4.69) is 4.74 Å². The highest BCUT2D eigenvalue weighted by Gasteiger charge is 2.10. The van der Waals surface area contributed by atoms with Gasteiger partial charge in [-0.05, 0) is 29.3 Å². The molecule has 0 aromatic heterocycles. The third-order valence-electron chi connectivity index (χ3n) is 3.26. The zero-order valence-corrected chi connectivity index (χ0v) is 13.5. The van der Waals surface area contributed by atoms with Gasteiger partial charge in [0.05, 0.1) is 14.2 Å². The average molecular weight is 323 g/mol. The van der Waals surface area contributed by atoms with Crippen LogP contribution in [0, 0.1) is 11.3 Å². The number of benzene rings is 2. The second-order valence-electron chi connectivity index (χ2n) is 4.85. The Morgan fingerprint density at radius 2 is 1.88 bits per heavy atom. The number of methoxy groups -OCH3 is 2. The molecule has 2 aromatic carbocycles. The summed E-state index contributed by atoms with van der Waals surface area (Å²) in [5, 5.41) is 9.01. The molecule has 0 radical (unpaired) electrons. The summed E-state index contributed by atoms with van der Waals surface area (Å²) in [5.74, 6) is 0.415. The van der Waals surface area contributed by atoms with Gasteiger partial charge in [0.15, 0.2) is 11.5 Å². The van der Waals surface area contributed by atoms with Crippen LogP contribution < -0.4 is 9.47 Å². The van der Waals surface area contributed by atoms with Gasteiger partial charge in [-0.25, -0.2) is 4.79 Å². The summed E-state index contributed by atoms with van der Waals surface area (Å²) in [4.78, 5) is 11.5. The van der Waals surface area contributed by atoms with Crippen molar-refractivity contribution < 1.29 is 19.0 Å². The fourth-order valence-corrected chi connectivity index (χ4v) is 2.04. The Morgan fingerprint density at radius 1 is 1.12 bits per heavy atom. The van der Waals surface area contributed by atoms with Gasteiger partial charge in [0.2, 0.25) is 0 Å². The highest BCUT2D eigenvalue weighted by Crippen LogP contribution is 2.29. The number of nitrogens with zero attached hydrogens (tertiary/aromatic N) is 1. The van der Waals surface area contributed by atoms with Crippen molar-refractivity contribution in [2.75, 3.05) is 14.2 Å². The Bertz CT molecular complexity index is 776. The first-order valence-corrected chi connectivity index (χ1v) is 7.22. The summed E-state index contributed by atoms with van der Waals surface area (Å²) in [6, 6.07) is 16.8. The molecule has 0 saturated heterocycles. The molecule has 0 saturated carbocycles. The molecular weight excluding hydrogens is 306 g/mol. The number of carbonyl (C=O) groups excluding carboxylic acids is 1. The molecule has 2 rings (SSSR count). The summed E-state index contributed by atoms with van der Waals surface area (Å²) in [7, 11) is 2.76. The lowest BCUT2D eigenvalue weighted by molar-refractivity contribution is -0.135. The molecule has 2 aromatic rings. The highest BCUT2D eigenvalue weighted by atomic mass is 16.5. The Morgan fingerprint density at radius 3 is 2.50 bits per heavy atom. The van der Waals surface area contributed by atoms with E-state index < -0.39 is 5.97 Å². The van der Waals surface area contributed by atoms with E-state index in [1.807, 2.05) is 36.4 Å². The number of carbonyl (C=O) groups is 1. The zero-order chi connectivity index (χ0) is 17.4. The standard InChI is InChI=1S/C19H17NO4/c1-22-18-11-15(10-16(12-20)19(21)23-2)8-9-17(18)24-13-14-6-4-3-5-7-14/h3-11H,13H2,1-2H3. The number of esters is 1. The summed E-state index contributed by atoms with van der Waals surface area (Å²) in [5.41, 5.74) is 1.60. The number of hydrogen-bond acceptors (Lipinski definition) is 5. The van der Waals surface area contributed by atoms with Crippen LogP contribution in [0.4, 0.5) is 0 Å². The highest BCUT2D eigenvalue weighted by molar-refractivity contribution is 5.97. The summed E-state index contributed by atoms with van der Waals surface area (Å²) in [6.07, 6.45) is 1.44. The van der Waals surface area contributed by atoms with Gasteiger partial charge in [-0.1, -0.05) is 36.4 Å². The minimum Gasteiger partial charge on any atom is -0.493 e. The predicted molar refractivity (Wildman–Crippen MR) is 89.4 cm³/mol. The van der Waals surface area contributed by atoms with Crippen LogP contribution in [0.3, 0.4) is 0 Å². The molecule has 0 heterocycles. The number of nitriles is 1. The molecule has 5 nitrogen and oxygen atoms in total. The van der Waals surface area contributed by atoms with E-state index in [1.165, 1.54) is 20.3 Å². The monoisotopic (exact) mass is 323 g/mol. The lowest BCUT2D eigenvalue weighted by Gasteiger charge is -2.11. The average Bonchev–Trinajstić information content (AvgIpc) is 2.64. The van der Waals surface area contributed by atoms with E-state index in [9.17, 15) is 4.79 Å². The van der Waals surface area contributed by atoms with Crippen molar-refractivity contribution >= 4 is 12.0 Å². The number of rotatable bonds is 6. The molecule has 0 unspecified atom stereocenters. The molecule has 122 valence electrons. The molecule has 24 heavy (non-hydrogen) atoms. The van der Waals surface area contributed by atoms with E-state index >= 15 is 0 Å². The van der Waals surface area contributed by atoms with Gasteiger partial charge >= 0.3 is 5.97 Å². The van der Waals surface area contributed by atoms with Gasteiger partial charge in [0, 0.05) is 0 Å². The second kappa shape index (κ2) is 8.39. The van der Waals surface area contributed by atoms with Crippen LogP contribution in [0.15, 0.2) is 54.1 Å². The van der Waals surface area contributed by atoms with Crippen molar-refractivity contribution in [2.24, 2.45) is 0 Å². The Balaban J connectivity index is 2.20. The van der Waals surface area contributed by atoms with Crippen molar-refractivity contribution in [3.05, 3.63) is 65.2 Å². The van der Waals surface area contributed by atoms with Crippen LogP contribution in [-0.4, -0.2) is 20.2 Å². The molecule has 0 atom stereocenters. The van der Waals surface area contributed by atoms with E-state index in [0.717, 1.165) is 5.56 Å². The second-order valence-corrected chi connectivity index (χ2v) is 4.85. The molecule has 0 spiro atoms. The van der Waals surface area contributed by atoms with Gasteiger partial charge in [-0.2, -0.15) is 5.26 Å². The lowest BCUT2D eigenvalue weighted by Crippen LogP contribution is -2.02. The van der Waals surface area contributed by atoms with E-state index in [1.54, 1.807) is 18.2 Å². The predicted octanol–water partition coefficient (Wildman–Crippen LogP) is 3.35. The Labute approximate surface area is 140 Å². The van der Waals surface area contributed by atoms with E-state index in [4.69, 9.17) is 14.7 Å². The van der Waals surface area contributed by atoms with Crippen LogP contribution in [-0.2, 0) is 16.1 Å². The maximum absolute atomic E-state index is 11.5. The molecular formula is C19H17NO4. The maximum atomic E-state index is 11.5. The summed E-state index contributed by atoms with van der Waals surface area (Å²) in [6.45, 7) is 0.415. The smallest absolute Gasteiger partial charge is 0.348 e. The third kappa shape index (κ3) is 4.37. The Hall–Kier alpha value is -3.26. The van der Waals surface area contributed by atoms with Gasteiger partial charge in [-0.15, -0.1) is 0 Å². The van der Waals surface area contributed by atoms with Gasteiger partial charge < -0.3 is 14.2 Å². The van der Waals surface area contributed by atoms with Crippen LogP contribution in [0.25, 0.3) is 6.08 Å². The van der Waals surface area contributed by atoms with Crippen LogP contribution in [0.5, 0.6) is 11.5 Å². The van der Waals surface area contributed by atoms with Gasteiger partial charge in [-0.3, -0.25) is 0 Å². The van der Waals surface area contributed by atoms with Crippen LogP contribution >= 0.6 is 0 Å². The topological polar surface area (TPSA) is 68.6 Å². The van der Waals surface area contributed by atoms with E-state index in [-0.39, 0.29) is 5.57 Å². The minimum atomic E-state index is -0.680. The largest absolute Gasteiger partial charge is 0.493 e. The number of ether oxygens (including phenoxy) is 3. The fraction of sp³-hybridized carbons (Fsp3) is 0.158. The first-order valence-electron chi connectivity index (χ1n) is 7.22. The van der Waals surface area contributed by atoms with Crippen molar-refractivity contribution in [3.63, 3.8) is 0 Å². The first-order chi connectivity index (χ1) is 11.7. The fourth-order valence-electron chi connectivity index (χ4n) is 2.04. The molecule has 0 fully saturated rings. The zero-order valence-electron chi connectivity index (χ0n) is 13.5. The Kier molecular flexibility index (Phi) is 5.98.